The van der Waals surface area contributed by atoms with Crippen molar-refractivity contribution in [3.63, 3.8) is 0 Å². The van der Waals surface area contributed by atoms with Gasteiger partial charge in [0.2, 0.25) is 5.13 Å². The van der Waals surface area contributed by atoms with Crippen molar-refractivity contribution in [3.05, 3.63) is 35.7 Å². The van der Waals surface area contributed by atoms with E-state index in [2.05, 4.69) is 20.7 Å². The van der Waals surface area contributed by atoms with Crippen LogP contribution in [0.3, 0.4) is 0 Å². The maximum atomic E-state index is 9.25. The van der Waals surface area contributed by atoms with Gasteiger partial charge in [-0.25, -0.2) is 4.98 Å². The number of aromatic nitrogens is 2. The monoisotopic (exact) mass is 249 g/mol. The normalized spacial score (nSPS) is 12.4. The van der Waals surface area contributed by atoms with E-state index in [-0.39, 0.29) is 0 Å². The van der Waals surface area contributed by atoms with Gasteiger partial charge in [-0.15, -0.1) is 0 Å². The lowest BCUT2D eigenvalue weighted by Gasteiger charge is -2.02. The smallest absolute Gasteiger partial charge is 0.207 e. The Morgan fingerprint density at radius 1 is 1.47 bits per heavy atom. The fraction of sp³-hybridized carbons (Fsp3) is 0.333. The number of anilines is 2. The number of nitrogens with one attached hydrogen (secondary N) is 1. The molecule has 1 atom stereocenters. The molecule has 1 unspecified atom stereocenters. The fourth-order valence-electron chi connectivity index (χ4n) is 1.50. The van der Waals surface area contributed by atoms with E-state index in [1.54, 1.807) is 6.92 Å². The van der Waals surface area contributed by atoms with Gasteiger partial charge < -0.3 is 10.4 Å². The maximum Gasteiger partial charge on any atom is 0.207 e. The van der Waals surface area contributed by atoms with E-state index in [0.717, 1.165) is 10.8 Å². The zero-order valence-electron chi connectivity index (χ0n) is 9.84. The summed E-state index contributed by atoms with van der Waals surface area (Å²) in [5, 5.41) is 13.2. The van der Waals surface area contributed by atoms with E-state index in [4.69, 9.17) is 0 Å². The third-order valence-corrected chi connectivity index (χ3v) is 2.88. The zero-order chi connectivity index (χ0) is 12.3. The molecule has 4 nitrogen and oxygen atoms in total. The van der Waals surface area contributed by atoms with Gasteiger partial charge in [0.05, 0.1) is 6.10 Å². The molecule has 0 spiro atoms. The highest BCUT2D eigenvalue weighted by Gasteiger charge is 2.06. The molecule has 0 saturated carbocycles. The molecule has 0 radical (unpaired) electrons. The Morgan fingerprint density at radius 2 is 2.29 bits per heavy atom. The minimum absolute atomic E-state index is 0.406. The molecule has 0 fully saturated rings. The molecule has 1 aromatic heterocycles. The summed E-state index contributed by atoms with van der Waals surface area (Å²) in [6.07, 6.45) is 0.0860. The first kappa shape index (κ1) is 12.0. The average molecular weight is 249 g/mol. The first-order valence-corrected chi connectivity index (χ1v) is 6.25. The Morgan fingerprint density at radius 3 is 3.00 bits per heavy atom. The van der Waals surface area contributed by atoms with Gasteiger partial charge in [-0.05, 0) is 31.5 Å². The summed E-state index contributed by atoms with van der Waals surface area (Å²) in [6, 6.07) is 8.08. The van der Waals surface area contributed by atoms with Crippen molar-refractivity contribution in [2.45, 2.75) is 26.4 Å². The standard InChI is InChI=1S/C12H15N3OS/c1-8-4-3-5-10(6-8)13-12-14-11(15-17-12)7-9(2)16/h3-6,9,16H,7H2,1-2H3,(H,13,14,15). The van der Waals surface area contributed by atoms with Crippen LogP contribution in [-0.2, 0) is 6.42 Å². The van der Waals surface area contributed by atoms with Crippen LogP contribution >= 0.6 is 11.5 Å². The van der Waals surface area contributed by atoms with Crippen LogP contribution in [-0.4, -0.2) is 20.6 Å². The Bertz CT molecular complexity index is 496. The van der Waals surface area contributed by atoms with Crippen LogP contribution in [0, 0.1) is 6.92 Å². The lowest BCUT2D eigenvalue weighted by molar-refractivity contribution is 0.193. The molecule has 0 amide bonds. The van der Waals surface area contributed by atoms with E-state index in [1.165, 1.54) is 17.1 Å². The summed E-state index contributed by atoms with van der Waals surface area (Å²) in [4.78, 5) is 4.31. The zero-order valence-corrected chi connectivity index (χ0v) is 10.7. The van der Waals surface area contributed by atoms with Crippen molar-refractivity contribution in [1.82, 2.24) is 9.36 Å². The summed E-state index contributed by atoms with van der Waals surface area (Å²) in [5.74, 6) is 0.681. The summed E-state index contributed by atoms with van der Waals surface area (Å²) in [5.41, 5.74) is 2.20. The highest BCUT2D eigenvalue weighted by molar-refractivity contribution is 7.09. The van der Waals surface area contributed by atoms with Crippen LogP contribution < -0.4 is 5.32 Å². The fourth-order valence-corrected chi connectivity index (χ4v) is 2.12. The van der Waals surface area contributed by atoms with Crippen molar-refractivity contribution >= 4 is 22.4 Å². The van der Waals surface area contributed by atoms with Gasteiger partial charge in [0.15, 0.2) is 0 Å². The number of aliphatic hydroxyl groups is 1. The van der Waals surface area contributed by atoms with Crippen molar-refractivity contribution in [2.24, 2.45) is 0 Å². The molecule has 0 aliphatic carbocycles. The van der Waals surface area contributed by atoms with E-state index in [0.29, 0.717) is 12.2 Å². The number of aliphatic hydroxyl groups excluding tert-OH is 1. The molecule has 1 aromatic carbocycles. The number of hydrogen-bond acceptors (Lipinski definition) is 5. The largest absolute Gasteiger partial charge is 0.393 e. The Hall–Kier alpha value is -1.46. The number of rotatable bonds is 4. The second-order valence-electron chi connectivity index (χ2n) is 4.06. The van der Waals surface area contributed by atoms with Crippen molar-refractivity contribution in [2.75, 3.05) is 5.32 Å². The molecule has 90 valence electrons. The molecular weight excluding hydrogens is 234 g/mol. The van der Waals surface area contributed by atoms with Crippen molar-refractivity contribution in [3.8, 4) is 0 Å². The summed E-state index contributed by atoms with van der Waals surface area (Å²) in [6.45, 7) is 3.78. The van der Waals surface area contributed by atoms with Gasteiger partial charge in [-0.1, -0.05) is 12.1 Å². The van der Waals surface area contributed by atoms with Gasteiger partial charge in [0, 0.05) is 23.6 Å². The van der Waals surface area contributed by atoms with Crippen LogP contribution in [0.4, 0.5) is 10.8 Å². The van der Waals surface area contributed by atoms with Crippen molar-refractivity contribution < 1.29 is 5.11 Å². The van der Waals surface area contributed by atoms with E-state index >= 15 is 0 Å². The Balaban J connectivity index is 2.06. The van der Waals surface area contributed by atoms with E-state index in [9.17, 15) is 5.11 Å². The predicted molar refractivity (Wildman–Crippen MR) is 69.8 cm³/mol. The van der Waals surface area contributed by atoms with Gasteiger partial charge in [-0.2, -0.15) is 4.37 Å². The molecule has 0 bridgehead atoms. The molecule has 5 heteroatoms. The average Bonchev–Trinajstić information content (AvgIpc) is 2.64. The molecule has 0 aliphatic heterocycles. The SMILES string of the molecule is Cc1cccc(Nc2nc(CC(C)O)ns2)c1. The number of hydrogen-bond donors (Lipinski definition) is 2. The van der Waals surface area contributed by atoms with Gasteiger partial charge in [0.1, 0.15) is 5.82 Å². The third-order valence-electron chi connectivity index (χ3n) is 2.22. The van der Waals surface area contributed by atoms with Crippen LogP contribution in [0.5, 0.6) is 0 Å². The van der Waals surface area contributed by atoms with Crippen LogP contribution in [0.25, 0.3) is 0 Å². The lowest BCUT2D eigenvalue weighted by Crippen LogP contribution is -2.05. The maximum absolute atomic E-state index is 9.25. The second kappa shape index (κ2) is 5.25. The van der Waals surface area contributed by atoms with Gasteiger partial charge >= 0.3 is 0 Å². The van der Waals surface area contributed by atoms with Gasteiger partial charge in [-0.3, -0.25) is 0 Å². The van der Waals surface area contributed by atoms with Crippen LogP contribution in [0.1, 0.15) is 18.3 Å². The number of benzene rings is 1. The molecule has 2 aromatic rings. The molecule has 0 saturated heterocycles. The number of aryl methyl sites for hydroxylation is 1. The Kier molecular flexibility index (Phi) is 3.71. The van der Waals surface area contributed by atoms with E-state index < -0.39 is 6.10 Å². The molecular formula is C12H15N3OS. The van der Waals surface area contributed by atoms with E-state index in [1.807, 2.05) is 25.1 Å². The van der Waals surface area contributed by atoms with Gasteiger partial charge in [0.25, 0.3) is 0 Å². The first-order chi connectivity index (χ1) is 8.13. The minimum atomic E-state index is -0.406. The predicted octanol–water partition coefficient (Wildman–Crippen LogP) is 2.51. The molecule has 0 aliphatic rings. The summed E-state index contributed by atoms with van der Waals surface area (Å²) >= 11 is 1.31. The number of nitrogens with zero attached hydrogens (tertiary/aromatic N) is 2. The quantitative estimate of drug-likeness (QED) is 0.874. The highest BCUT2D eigenvalue weighted by atomic mass is 32.1. The molecule has 2 N–H and O–H groups in total. The molecule has 17 heavy (non-hydrogen) atoms. The Labute approximate surface area is 105 Å². The topological polar surface area (TPSA) is 58.0 Å². The summed E-state index contributed by atoms with van der Waals surface area (Å²) in [7, 11) is 0. The van der Waals surface area contributed by atoms with Crippen molar-refractivity contribution in [1.29, 1.82) is 0 Å². The van der Waals surface area contributed by atoms with Crippen LogP contribution in [0.2, 0.25) is 0 Å². The van der Waals surface area contributed by atoms with Crippen LogP contribution in [0.15, 0.2) is 24.3 Å². The molecule has 2 rings (SSSR count). The minimum Gasteiger partial charge on any atom is -0.393 e. The summed E-state index contributed by atoms with van der Waals surface area (Å²) < 4.78 is 4.18. The highest BCUT2D eigenvalue weighted by Crippen LogP contribution is 2.19. The third kappa shape index (κ3) is 3.51. The first-order valence-electron chi connectivity index (χ1n) is 5.48. The lowest BCUT2D eigenvalue weighted by atomic mass is 10.2. The second-order valence-corrected chi connectivity index (χ2v) is 4.82. The molecule has 1 heterocycles.